The van der Waals surface area contributed by atoms with Crippen LogP contribution in [0.15, 0.2) is 30.3 Å². The fourth-order valence-corrected chi connectivity index (χ4v) is 1.99. The molecule has 0 fully saturated rings. The smallest absolute Gasteiger partial charge is 0.352 e. The van der Waals surface area contributed by atoms with Crippen LogP contribution < -0.4 is 0 Å². The molecule has 0 atom stereocenters. The summed E-state index contributed by atoms with van der Waals surface area (Å²) in [6, 6.07) is 8.93. The van der Waals surface area contributed by atoms with Gasteiger partial charge in [0.05, 0.1) is 0 Å². The minimum Gasteiger partial charge on any atom is -0.477 e. The van der Waals surface area contributed by atoms with Crippen molar-refractivity contribution in [2.45, 2.75) is 13.5 Å². The number of nitrogens with zero attached hydrogens (tertiary/aromatic N) is 2. The van der Waals surface area contributed by atoms with Crippen molar-refractivity contribution in [2.24, 2.45) is 0 Å². The lowest BCUT2D eigenvalue weighted by Crippen LogP contribution is -2.30. The van der Waals surface area contributed by atoms with Crippen LogP contribution in [-0.2, 0) is 11.3 Å². The molecule has 5 nitrogen and oxygen atoms in total. The predicted molar refractivity (Wildman–Crippen MR) is 72.2 cm³/mol. The molecule has 19 heavy (non-hydrogen) atoms. The number of hydrogen-bond donors (Lipinski definition) is 1. The van der Waals surface area contributed by atoms with E-state index in [-0.39, 0.29) is 18.1 Å². The van der Waals surface area contributed by atoms with Crippen LogP contribution in [-0.4, -0.2) is 40.0 Å². The van der Waals surface area contributed by atoms with E-state index in [1.807, 2.05) is 31.2 Å². The fraction of sp³-hybridized carbons (Fsp3) is 0.286. The molecule has 0 saturated heterocycles. The van der Waals surface area contributed by atoms with Gasteiger partial charge in [-0.25, -0.2) is 4.79 Å². The van der Waals surface area contributed by atoms with Crippen molar-refractivity contribution >= 4 is 22.8 Å². The molecule has 0 radical (unpaired) electrons. The molecule has 5 heteroatoms. The molecule has 1 heterocycles. The van der Waals surface area contributed by atoms with Gasteiger partial charge in [-0.2, -0.15) is 0 Å². The van der Waals surface area contributed by atoms with Gasteiger partial charge in [-0.3, -0.25) is 4.79 Å². The minimum absolute atomic E-state index is 0.0412. The molecular weight excluding hydrogens is 244 g/mol. The Hall–Kier alpha value is -2.30. The zero-order valence-electron chi connectivity index (χ0n) is 11.0. The van der Waals surface area contributed by atoms with Crippen LogP contribution in [0.2, 0.25) is 0 Å². The molecule has 2 rings (SSSR count). The van der Waals surface area contributed by atoms with E-state index in [0.717, 1.165) is 10.9 Å². The van der Waals surface area contributed by atoms with Crippen LogP contribution in [0.3, 0.4) is 0 Å². The third-order valence-corrected chi connectivity index (χ3v) is 3.22. The summed E-state index contributed by atoms with van der Waals surface area (Å²) in [6.45, 7) is 2.52. The molecule has 0 aliphatic heterocycles. The molecule has 1 aromatic heterocycles. The van der Waals surface area contributed by atoms with E-state index < -0.39 is 5.97 Å². The molecule has 1 N–H and O–H groups in total. The van der Waals surface area contributed by atoms with Crippen molar-refractivity contribution in [1.29, 1.82) is 0 Å². The van der Waals surface area contributed by atoms with E-state index in [4.69, 9.17) is 0 Å². The largest absolute Gasteiger partial charge is 0.477 e. The van der Waals surface area contributed by atoms with E-state index in [9.17, 15) is 14.7 Å². The van der Waals surface area contributed by atoms with Crippen LogP contribution in [0.1, 0.15) is 17.4 Å². The van der Waals surface area contributed by atoms with E-state index >= 15 is 0 Å². The lowest BCUT2D eigenvalue weighted by molar-refractivity contribution is -0.130. The standard InChI is InChI=1S/C14H16N2O3/c1-3-15(2)13(17)9-16-11-7-5-4-6-10(11)8-12(16)14(18)19/h4-8H,3,9H2,1-2H3,(H,18,19). The highest BCUT2D eigenvalue weighted by molar-refractivity contribution is 5.95. The highest BCUT2D eigenvalue weighted by Crippen LogP contribution is 2.20. The molecule has 0 aliphatic carbocycles. The Morgan fingerprint density at radius 2 is 2.00 bits per heavy atom. The zero-order chi connectivity index (χ0) is 14.0. The van der Waals surface area contributed by atoms with Gasteiger partial charge in [0.1, 0.15) is 12.2 Å². The van der Waals surface area contributed by atoms with Crippen molar-refractivity contribution in [1.82, 2.24) is 9.47 Å². The van der Waals surface area contributed by atoms with Crippen LogP contribution in [0.5, 0.6) is 0 Å². The second-order valence-corrected chi connectivity index (χ2v) is 4.39. The number of carboxylic acids is 1. The normalized spacial score (nSPS) is 10.6. The average molecular weight is 260 g/mol. The van der Waals surface area contributed by atoms with Crippen molar-refractivity contribution < 1.29 is 14.7 Å². The Labute approximate surface area is 111 Å². The lowest BCUT2D eigenvalue weighted by atomic mass is 10.2. The zero-order valence-corrected chi connectivity index (χ0v) is 11.0. The van der Waals surface area contributed by atoms with E-state index in [2.05, 4.69) is 0 Å². The second kappa shape index (κ2) is 5.14. The van der Waals surface area contributed by atoms with Crippen LogP contribution in [0.25, 0.3) is 10.9 Å². The maximum Gasteiger partial charge on any atom is 0.352 e. The van der Waals surface area contributed by atoms with E-state index in [0.29, 0.717) is 6.54 Å². The summed E-state index contributed by atoms with van der Waals surface area (Å²) in [5.41, 5.74) is 0.900. The van der Waals surface area contributed by atoms with Crippen molar-refractivity contribution in [3.05, 3.63) is 36.0 Å². The molecule has 2 aromatic rings. The average Bonchev–Trinajstić information content (AvgIpc) is 2.77. The molecule has 0 unspecified atom stereocenters. The summed E-state index contributed by atoms with van der Waals surface area (Å²) in [4.78, 5) is 24.8. The Morgan fingerprint density at radius 3 is 2.63 bits per heavy atom. The van der Waals surface area contributed by atoms with Crippen LogP contribution in [0.4, 0.5) is 0 Å². The maximum absolute atomic E-state index is 12.0. The molecule has 0 bridgehead atoms. The first-order valence-corrected chi connectivity index (χ1v) is 6.10. The van der Waals surface area contributed by atoms with Gasteiger partial charge in [0.2, 0.25) is 5.91 Å². The van der Waals surface area contributed by atoms with Crippen molar-refractivity contribution in [3.63, 3.8) is 0 Å². The first kappa shape index (κ1) is 13.1. The molecule has 100 valence electrons. The number of carboxylic acid groups (broad SMARTS) is 1. The third-order valence-electron chi connectivity index (χ3n) is 3.22. The molecule has 0 saturated carbocycles. The van der Waals surface area contributed by atoms with Gasteiger partial charge in [0.15, 0.2) is 0 Å². The third kappa shape index (κ3) is 2.45. The van der Waals surface area contributed by atoms with E-state index in [1.165, 1.54) is 0 Å². The predicted octanol–water partition coefficient (Wildman–Crippen LogP) is 1.82. The number of para-hydroxylation sites is 1. The van der Waals surface area contributed by atoms with Crippen LogP contribution >= 0.6 is 0 Å². The number of benzene rings is 1. The van der Waals surface area contributed by atoms with Crippen LogP contribution in [0, 0.1) is 0 Å². The highest BCUT2D eigenvalue weighted by Gasteiger charge is 2.17. The molecule has 1 aromatic carbocycles. The van der Waals surface area contributed by atoms with Gasteiger partial charge in [0.25, 0.3) is 0 Å². The molecule has 0 aliphatic rings. The number of carbonyl (C=O) groups excluding carboxylic acids is 1. The minimum atomic E-state index is -1.02. The van der Waals surface area contributed by atoms with Gasteiger partial charge in [0, 0.05) is 24.5 Å². The Bertz CT molecular complexity index is 631. The lowest BCUT2D eigenvalue weighted by Gasteiger charge is -2.16. The second-order valence-electron chi connectivity index (χ2n) is 4.39. The first-order valence-electron chi connectivity index (χ1n) is 6.10. The number of aromatic carboxylic acids is 1. The number of fused-ring (bicyclic) bond motifs is 1. The summed E-state index contributed by atoms with van der Waals surface area (Å²) in [5, 5.41) is 10.1. The topological polar surface area (TPSA) is 62.5 Å². The van der Waals surface area contributed by atoms with E-state index in [1.54, 1.807) is 22.6 Å². The van der Waals surface area contributed by atoms with Gasteiger partial charge in [-0.15, -0.1) is 0 Å². The Kier molecular flexibility index (Phi) is 3.55. The Balaban J connectivity index is 2.48. The number of hydrogen-bond acceptors (Lipinski definition) is 2. The first-order chi connectivity index (χ1) is 9.04. The number of likely N-dealkylation sites (N-methyl/N-ethyl adjacent to an activating group) is 1. The van der Waals surface area contributed by atoms with Gasteiger partial charge < -0.3 is 14.6 Å². The van der Waals surface area contributed by atoms with Gasteiger partial charge >= 0.3 is 5.97 Å². The van der Waals surface area contributed by atoms with Gasteiger partial charge in [-0.05, 0) is 19.1 Å². The molecular formula is C14H16N2O3. The quantitative estimate of drug-likeness (QED) is 0.912. The molecule has 1 amide bonds. The number of carbonyl (C=O) groups is 2. The number of amides is 1. The molecule has 0 spiro atoms. The summed E-state index contributed by atoms with van der Waals surface area (Å²) >= 11 is 0. The number of aromatic nitrogens is 1. The fourth-order valence-electron chi connectivity index (χ4n) is 1.99. The van der Waals surface area contributed by atoms with Crippen molar-refractivity contribution in [3.8, 4) is 0 Å². The monoisotopic (exact) mass is 260 g/mol. The highest BCUT2D eigenvalue weighted by atomic mass is 16.4. The summed E-state index contributed by atoms with van der Waals surface area (Å²) in [7, 11) is 1.70. The maximum atomic E-state index is 12.0. The van der Waals surface area contributed by atoms with Gasteiger partial charge in [-0.1, -0.05) is 18.2 Å². The Morgan fingerprint density at radius 1 is 1.32 bits per heavy atom. The summed E-state index contributed by atoms with van der Waals surface area (Å²) in [5.74, 6) is -1.13. The van der Waals surface area contributed by atoms with Crippen molar-refractivity contribution in [2.75, 3.05) is 13.6 Å². The number of rotatable bonds is 4. The SMILES string of the molecule is CCN(C)C(=O)Cn1c(C(=O)O)cc2ccccc21. The summed E-state index contributed by atoms with van der Waals surface area (Å²) < 4.78 is 1.55. The summed E-state index contributed by atoms with van der Waals surface area (Å²) in [6.07, 6.45) is 0.